The highest BCUT2D eigenvalue weighted by molar-refractivity contribution is 6.00. The van der Waals surface area contributed by atoms with Gasteiger partial charge in [-0.05, 0) is 12.1 Å². The molecule has 0 unspecified atom stereocenters. The third-order valence-corrected chi connectivity index (χ3v) is 2.55. The summed E-state index contributed by atoms with van der Waals surface area (Å²) in [7, 11) is 0. The number of para-hydroxylation sites is 1. The third kappa shape index (κ3) is 3.46. The molecule has 0 aromatic heterocycles. The first kappa shape index (κ1) is 12.4. The van der Waals surface area contributed by atoms with Crippen LogP contribution in [0, 0.1) is 0 Å². The SMILES string of the molecule is O=C(NC(=O)N1CCOCC1)Nc1ccccc1. The Morgan fingerprint density at radius 3 is 2.44 bits per heavy atom. The second-order valence-electron chi connectivity index (χ2n) is 3.85. The van der Waals surface area contributed by atoms with Gasteiger partial charge in [0.1, 0.15) is 0 Å². The van der Waals surface area contributed by atoms with Crippen LogP contribution in [-0.4, -0.2) is 43.3 Å². The Balaban J connectivity index is 1.82. The second kappa shape index (κ2) is 6.02. The maximum atomic E-state index is 11.7. The zero-order valence-corrected chi connectivity index (χ0v) is 9.89. The average molecular weight is 249 g/mol. The number of rotatable bonds is 1. The summed E-state index contributed by atoms with van der Waals surface area (Å²) in [5, 5.41) is 4.86. The average Bonchev–Trinajstić information content (AvgIpc) is 2.40. The van der Waals surface area contributed by atoms with Crippen molar-refractivity contribution in [3.05, 3.63) is 30.3 Å². The smallest absolute Gasteiger partial charge is 0.327 e. The van der Waals surface area contributed by atoms with Gasteiger partial charge in [-0.2, -0.15) is 0 Å². The number of ether oxygens (including phenoxy) is 1. The van der Waals surface area contributed by atoms with E-state index >= 15 is 0 Å². The van der Waals surface area contributed by atoms with E-state index in [2.05, 4.69) is 10.6 Å². The largest absolute Gasteiger partial charge is 0.378 e. The van der Waals surface area contributed by atoms with Gasteiger partial charge in [0.15, 0.2) is 0 Å². The number of urea groups is 2. The molecule has 1 fully saturated rings. The molecule has 6 heteroatoms. The number of benzene rings is 1. The van der Waals surface area contributed by atoms with E-state index in [0.717, 1.165) is 0 Å². The molecular formula is C12H15N3O3. The summed E-state index contributed by atoms with van der Waals surface area (Å²) >= 11 is 0. The van der Waals surface area contributed by atoms with Gasteiger partial charge in [0.25, 0.3) is 0 Å². The van der Waals surface area contributed by atoms with Crippen LogP contribution >= 0.6 is 0 Å². The molecule has 1 aromatic rings. The van der Waals surface area contributed by atoms with E-state index in [9.17, 15) is 9.59 Å². The number of anilines is 1. The first-order chi connectivity index (χ1) is 8.75. The Morgan fingerprint density at radius 1 is 1.11 bits per heavy atom. The Bertz CT molecular complexity index is 416. The highest BCUT2D eigenvalue weighted by Crippen LogP contribution is 2.04. The molecule has 1 heterocycles. The Kier molecular flexibility index (Phi) is 4.14. The van der Waals surface area contributed by atoms with Gasteiger partial charge in [0.2, 0.25) is 0 Å². The van der Waals surface area contributed by atoms with Gasteiger partial charge >= 0.3 is 12.1 Å². The summed E-state index contributed by atoms with van der Waals surface area (Å²) < 4.78 is 5.13. The number of imide groups is 1. The van der Waals surface area contributed by atoms with Gasteiger partial charge in [-0.15, -0.1) is 0 Å². The van der Waals surface area contributed by atoms with Crippen LogP contribution in [0.3, 0.4) is 0 Å². The number of morpholine rings is 1. The van der Waals surface area contributed by atoms with E-state index in [1.54, 1.807) is 29.2 Å². The number of carbonyl (C=O) groups is 2. The van der Waals surface area contributed by atoms with Gasteiger partial charge in [-0.25, -0.2) is 9.59 Å². The molecule has 0 aliphatic carbocycles. The quantitative estimate of drug-likeness (QED) is 0.787. The fraction of sp³-hybridized carbons (Fsp3) is 0.333. The first-order valence-corrected chi connectivity index (χ1v) is 5.75. The molecule has 2 N–H and O–H groups in total. The maximum absolute atomic E-state index is 11.7. The van der Waals surface area contributed by atoms with Gasteiger partial charge < -0.3 is 15.0 Å². The number of carbonyl (C=O) groups excluding carboxylic acids is 2. The topological polar surface area (TPSA) is 70.7 Å². The monoisotopic (exact) mass is 249 g/mol. The normalized spacial score (nSPS) is 15.0. The van der Waals surface area contributed by atoms with Crippen molar-refractivity contribution in [2.75, 3.05) is 31.6 Å². The zero-order chi connectivity index (χ0) is 12.8. The molecule has 96 valence electrons. The lowest BCUT2D eigenvalue weighted by Crippen LogP contribution is -2.48. The van der Waals surface area contributed by atoms with Crippen LogP contribution in [0.25, 0.3) is 0 Å². The van der Waals surface area contributed by atoms with E-state index in [-0.39, 0.29) is 0 Å². The van der Waals surface area contributed by atoms with E-state index < -0.39 is 12.1 Å². The number of amides is 4. The standard InChI is InChI=1S/C12H15N3O3/c16-11(13-10-4-2-1-3-5-10)14-12(17)15-6-8-18-9-7-15/h1-5H,6-9H2,(H2,13,14,16,17). The highest BCUT2D eigenvalue weighted by Gasteiger charge is 2.18. The molecule has 6 nitrogen and oxygen atoms in total. The van der Waals surface area contributed by atoms with E-state index in [1.807, 2.05) is 6.07 Å². The van der Waals surface area contributed by atoms with Crippen LogP contribution in [0.15, 0.2) is 30.3 Å². The summed E-state index contributed by atoms with van der Waals surface area (Å²) in [5.41, 5.74) is 0.643. The van der Waals surface area contributed by atoms with Crippen molar-refractivity contribution in [2.24, 2.45) is 0 Å². The van der Waals surface area contributed by atoms with Crippen molar-refractivity contribution >= 4 is 17.7 Å². The molecule has 1 aliphatic heterocycles. The third-order valence-electron chi connectivity index (χ3n) is 2.55. The summed E-state index contributed by atoms with van der Waals surface area (Å²) in [5.74, 6) is 0. The Hall–Kier alpha value is -2.08. The molecule has 1 aromatic carbocycles. The summed E-state index contributed by atoms with van der Waals surface area (Å²) in [6.45, 7) is 2.02. The van der Waals surface area contributed by atoms with Gasteiger partial charge in [-0.3, -0.25) is 5.32 Å². The molecular weight excluding hydrogens is 234 g/mol. The fourth-order valence-electron chi connectivity index (χ4n) is 1.63. The van der Waals surface area contributed by atoms with Crippen LogP contribution in [0.4, 0.5) is 15.3 Å². The lowest BCUT2D eigenvalue weighted by Gasteiger charge is -2.26. The van der Waals surface area contributed by atoms with Crippen LogP contribution in [0.2, 0.25) is 0 Å². The molecule has 0 atom stereocenters. The van der Waals surface area contributed by atoms with Crippen molar-refractivity contribution in [3.8, 4) is 0 Å². The van der Waals surface area contributed by atoms with Gasteiger partial charge in [0, 0.05) is 18.8 Å². The van der Waals surface area contributed by atoms with Crippen molar-refractivity contribution in [1.82, 2.24) is 10.2 Å². The van der Waals surface area contributed by atoms with Crippen LogP contribution < -0.4 is 10.6 Å². The van der Waals surface area contributed by atoms with E-state index in [1.165, 1.54) is 0 Å². The van der Waals surface area contributed by atoms with E-state index in [4.69, 9.17) is 4.74 Å². The second-order valence-corrected chi connectivity index (χ2v) is 3.85. The minimum atomic E-state index is -0.530. The van der Waals surface area contributed by atoms with Gasteiger partial charge in [0.05, 0.1) is 13.2 Å². The van der Waals surface area contributed by atoms with Crippen LogP contribution in [0.1, 0.15) is 0 Å². The first-order valence-electron chi connectivity index (χ1n) is 5.75. The fourth-order valence-corrected chi connectivity index (χ4v) is 1.63. The molecule has 2 rings (SSSR count). The van der Waals surface area contributed by atoms with Gasteiger partial charge in [-0.1, -0.05) is 18.2 Å². The summed E-state index contributed by atoms with van der Waals surface area (Å²) in [4.78, 5) is 24.8. The number of hydrogen-bond acceptors (Lipinski definition) is 3. The lowest BCUT2D eigenvalue weighted by atomic mass is 10.3. The van der Waals surface area contributed by atoms with Crippen molar-refractivity contribution in [2.45, 2.75) is 0 Å². The molecule has 1 saturated heterocycles. The number of nitrogens with one attached hydrogen (secondary N) is 2. The highest BCUT2D eigenvalue weighted by atomic mass is 16.5. The molecule has 0 radical (unpaired) electrons. The minimum absolute atomic E-state index is 0.397. The van der Waals surface area contributed by atoms with E-state index in [0.29, 0.717) is 32.0 Å². The summed E-state index contributed by atoms with van der Waals surface area (Å²) in [6.07, 6.45) is 0. The lowest BCUT2D eigenvalue weighted by molar-refractivity contribution is 0.0539. The molecule has 18 heavy (non-hydrogen) atoms. The molecule has 0 spiro atoms. The number of nitrogens with zero attached hydrogens (tertiary/aromatic N) is 1. The van der Waals surface area contributed by atoms with Crippen molar-refractivity contribution in [3.63, 3.8) is 0 Å². The predicted molar refractivity (Wildman–Crippen MR) is 66.4 cm³/mol. The Labute approximate surface area is 105 Å². The molecule has 4 amide bonds. The zero-order valence-electron chi connectivity index (χ0n) is 9.89. The van der Waals surface area contributed by atoms with Crippen molar-refractivity contribution < 1.29 is 14.3 Å². The molecule has 0 bridgehead atoms. The predicted octanol–water partition coefficient (Wildman–Crippen LogP) is 1.26. The Morgan fingerprint density at radius 2 is 1.78 bits per heavy atom. The van der Waals surface area contributed by atoms with Crippen LogP contribution in [0.5, 0.6) is 0 Å². The minimum Gasteiger partial charge on any atom is -0.378 e. The summed E-state index contributed by atoms with van der Waals surface area (Å²) in [6, 6.07) is 8.03. The molecule has 1 aliphatic rings. The molecule has 0 saturated carbocycles. The number of hydrogen-bond donors (Lipinski definition) is 2. The van der Waals surface area contributed by atoms with Crippen molar-refractivity contribution in [1.29, 1.82) is 0 Å². The van der Waals surface area contributed by atoms with Crippen LogP contribution in [-0.2, 0) is 4.74 Å². The maximum Gasteiger partial charge on any atom is 0.327 e.